The average Bonchev–Trinajstić information content (AvgIpc) is 2.99. The number of pyridine rings is 1. The summed E-state index contributed by atoms with van der Waals surface area (Å²) in [7, 11) is 0. The summed E-state index contributed by atoms with van der Waals surface area (Å²) in [5, 5.41) is 14.7. The summed E-state index contributed by atoms with van der Waals surface area (Å²) in [5.41, 5.74) is 1.89. The Morgan fingerprint density at radius 3 is 2.73 bits per heavy atom. The molecular weight excluding hydrogens is 346 g/mol. The summed E-state index contributed by atoms with van der Waals surface area (Å²) >= 11 is 5.75. The number of aliphatic hydroxyl groups excluding tert-OH is 1. The van der Waals surface area contributed by atoms with Crippen LogP contribution in [-0.2, 0) is 6.67 Å². The third-order valence-corrected chi connectivity index (χ3v) is 4.98. The molecule has 1 N–H and O–H groups in total. The van der Waals surface area contributed by atoms with Gasteiger partial charge in [0.05, 0.1) is 12.8 Å². The zero-order valence-corrected chi connectivity index (χ0v) is 15.2. The van der Waals surface area contributed by atoms with Gasteiger partial charge in [-0.15, -0.1) is 5.10 Å². The minimum atomic E-state index is -0.271. The van der Waals surface area contributed by atoms with Crippen molar-refractivity contribution in [1.82, 2.24) is 24.2 Å². The van der Waals surface area contributed by atoms with Gasteiger partial charge in [0.15, 0.2) is 5.82 Å². The van der Waals surface area contributed by atoms with Crippen molar-refractivity contribution in [3.8, 4) is 17.1 Å². The van der Waals surface area contributed by atoms with E-state index in [1.54, 1.807) is 12.4 Å². The van der Waals surface area contributed by atoms with E-state index in [2.05, 4.69) is 9.88 Å². The van der Waals surface area contributed by atoms with Crippen molar-refractivity contribution in [2.45, 2.75) is 25.6 Å². The zero-order chi connectivity index (χ0) is 17.9. The Hall–Kier alpha value is -2.35. The van der Waals surface area contributed by atoms with E-state index in [0.29, 0.717) is 18.0 Å². The second kappa shape index (κ2) is 7.49. The number of hydrogen-bond donors (Lipinski definition) is 1. The van der Waals surface area contributed by atoms with Gasteiger partial charge < -0.3 is 5.11 Å². The van der Waals surface area contributed by atoms with Crippen LogP contribution in [0.25, 0.3) is 17.1 Å². The molecule has 0 bridgehead atoms. The molecule has 1 atom stereocenters. The van der Waals surface area contributed by atoms with E-state index in [9.17, 15) is 5.11 Å². The van der Waals surface area contributed by atoms with Crippen molar-refractivity contribution < 1.29 is 5.11 Å². The van der Waals surface area contributed by atoms with Gasteiger partial charge in [0, 0.05) is 36.7 Å². The minimum Gasteiger partial charge on any atom is -0.392 e. The van der Waals surface area contributed by atoms with Crippen molar-refractivity contribution in [2.75, 3.05) is 13.1 Å². The lowest BCUT2D eigenvalue weighted by atomic mass is 10.1. The summed E-state index contributed by atoms with van der Waals surface area (Å²) in [4.78, 5) is 6.41. The lowest BCUT2D eigenvalue weighted by molar-refractivity contribution is 0.0513. The Balaban J connectivity index is 1.77. The number of nitrogens with zero attached hydrogens (tertiary/aromatic N) is 5. The first-order valence-corrected chi connectivity index (χ1v) is 9.19. The molecule has 1 aromatic carbocycles. The van der Waals surface area contributed by atoms with Crippen LogP contribution in [0.5, 0.6) is 0 Å². The fraction of sp³-hybridized carbons (Fsp3) is 0.316. The van der Waals surface area contributed by atoms with Crippen LogP contribution in [-0.4, -0.2) is 48.5 Å². The molecule has 0 amide bonds. The van der Waals surface area contributed by atoms with Crippen LogP contribution < -0.4 is 0 Å². The SMILES string of the molecule is O[C@@H]1CCCN(Cn2nc(-c3cccnc3)n(-c3ccccc3)c2=S)C1. The first kappa shape index (κ1) is 17.1. The van der Waals surface area contributed by atoms with E-state index >= 15 is 0 Å². The van der Waals surface area contributed by atoms with Gasteiger partial charge in [-0.1, -0.05) is 18.2 Å². The molecule has 2 aromatic heterocycles. The predicted molar refractivity (Wildman–Crippen MR) is 102 cm³/mol. The van der Waals surface area contributed by atoms with Crippen molar-refractivity contribution in [3.63, 3.8) is 0 Å². The largest absolute Gasteiger partial charge is 0.392 e. The van der Waals surface area contributed by atoms with Crippen molar-refractivity contribution >= 4 is 12.2 Å². The third kappa shape index (κ3) is 3.46. The summed E-state index contributed by atoms with van der Waals surface area (Å²) in [6.07, 6.45) is 5.12. The van der Waals surface area contributed by atoms with Crippen LogP contribution in [0.4, 0.5) is 0 Å². The normalized spacial score (nSPS) is 18.1. The standard InChI is InChI=1S/C19H21N5OS/c25-17-9-5-11-22(13-17)14-23-19(26)24(16-7-2-1-3-8-16)18(21-23)15-6-4-10-20-12-15/h1-4,6-8,10,12,17,25H,5,9,11,13-14H2/t17-/m1/s1. The molecule has 134 valence electrons. The highest BCUT2D eigenvalue weighted by molar-refractivity contribution is 7.71. The first-order chi connectivity index (χ1) is 12.7. The van der Waals surface area contributed by atoms with Gasteiger partial charge in [-0.25, -0.2) is 4.68 Å². The molecule has 1 saturated heterocycles. The van der Waals surface area contributed by atoms with Crippen LogP contribution in [0.3, 0.4) is 0 Å². The maximum Gasteiger partial charge on any atom is 0.204 e. The average molecular weight is 367 g/mol. The Bertz CT molecular complexity index is 922. The van der Waals surface area contributed by atoms with Crippen molar-refractivity contribution in [2.24, 2.45) is 0 Å². The Morgan fingerprint density at radius 1 is 1.15 bits per heavy atom. The van der Waals surface area contributed by atoms with Gasteiger partial charge in [-0.3, -0.25) is 14.5 Å². The van der Waals surface area contributed by atoms with Crippen molar-refractivity contribution in [1.29, 1.82) is 0 Å². The Morgan fingerprint density at radius 2 is 2.00 bits per heavy atom. The Kier molecular flexibility index (Phi) is 4.92. The van der Waals surface area contributed by atoms with Crippen LogP contribution in [0.2, 0.25) is 0 Å². The molecule has 1 aliphatic rings. The highest BCUT2D eigenvalue weighted by atomic mass is 32.1. The van der Waals surface area contributed by atoms with E-state index < -0.39 is 0 Å². The number of piperidine rings is 1. The summed E-state index contributed by atoms with van der Waals surface area (Å²) in [5.74, 6) is 0.770. The summed E-state index contributed by atoms with van der Waals surface area (Å²) in [6, 6.07) is 13.9. The molecule has 0 unspecified atom stereocenters. The molecule has 0 spiro atoms. The topological polar surface area (TPSA) is 59.1 Å². The number of benzene rings is 1. The number of aliphatic hydroxyl groups is 1. The molecular formula is C19H21N5OS. The molecule has 0 saturated carbocycles. The molecule has 1 aliphatic heterocycles. The van der Waals surface area contributed by atoms with E-state index in [-0.39, 0.29) is 6.10 Å². The number of hydrogen-bond acceptors (Lipinski definition) is 5. The summed E-state index contributed by atoms with van der Waals surface area (Å²) in [6.45, 7) is 2.17. The predicted octanol–water partition coefficient (Wildman–Crippen LogP) is 2.88. The number of likely N-dealkylation sites (tertiary alicyclic amines) is 1. The fourth-order valence-electron chi connectivity index (χ4n) is 3.34. The van der Waals surface area contributed by atoms with Crippen molar-refractivity contribution in [3.05, 3.63) is 59.6 Å². The maximum absolute atomic E-state index is 9.93. The van der Waals surface area contributed by atoms with E-state index in [0.717, 1.165) is 36.5 Å². The molecule has 6 nitrogen and oxygen atoms in total. The second-order valence-corrected chi connectivity index (χ2v) is 6.90. The van der Waals surface area contributed by atoms with Gasteiger partial charge in [-0.05, 0) is 49.3 Å². The number of aromatic nitrogens is 4. The number of para-hydroxylation sites is 1. The molecule has 7 heteroatoms. The lowest BCUT2D eigenvalue weighted by Crippen LogP contribution is -2.39. The molecule has 4 rings (SSSR count). The molecule has 0 aliphatic carbocycles. The quantitative estimate of drug-likeness (QED) is 0.719. The number of rotatable bonds is 4. The smallest absolute Gasteiger partial charge is 0.204 e. The maximum atomic E-state index is 9.93. The molecule has 1 fully saturated rings. The molecule has 3 heterocycles. The highest BCUT2D eigenvalue weighted by Gasteiger charge is 2.20. The minimum absolute atomic E-state index is 0.271. The van der Waals surface area contributed by atoms with Crippen LogP contribution >= 0.6 is 12.2 Å². The monoisotopic (exact) mass is 367 g/mol. The highest BCUT2D eigenvalue weighted by Crippen LogP contribution is 2.22. The fourth-order valence-corrected chi connectivity index (χ4v) is 3.63. The lowest BCUT2D eigenvalue weighted by Gasteiger charge is -2.29. The Labute approximate surface area is 157 Å². The molecule has 26 heavy (non-hydrogen) atoms. The van der Waals surface area contributed by atoms with Gasteiger partial charge in [0.1, 0.15) is 0 Å². The van der Waals surface area contributed by atoms with Gasteiger partial charge >= 0.3 is 0 Å². The van der Waals surface area contributed by atoms with E-state index in [1.165, 1.54) is 0 Å². The molecule has 0 radical (unpaired) electrons. The molecule has 3 aromatic rings. The summed E-state index contributed by atoms with van der Waals surface area (Å²) < 4.78 is 4.45. The zero-order valence-electron chi connectivity index (χ0n) is 14.4. The number of β-amino-alcohol motifs (C(OH)–C–C–N with tert-alkyl or cyclic N) is 1. The van der Waals surface area contributed by atoms with Gasteiger partial charge in [0.25, 0.3) is 0 Å². The van der Waals surface area contributed by atoms with Crippen LogP contribution in [0, 0.1) is 4.77 Å². The van der Waals surface area contributed by atoms with E-state index in [1.807, 2.05) is 51.7 Å². The van der Waals surface area contributed by atoms with Crippen LogP contribution in [0.15, 0.2) is 54.9 Å². The van der Waals surface area contributed by atoms with Gasteiger partial charge in [0.2, 0.25) is 4.77 Å². The van der Waals surface area contributed by atoms with Crippen LogP contribution in [0.1, 0.15) is 12.8 Å². The van der Waals surface area contributed by atoms with E-state index in [4.69, 9.17) is 17.3 Å². The first-order valence-electron chi connectivity index (χ1n) is 8.78. The third-order valence-electron chi connectivity index (χ3n) is 4.59. The van der Waals surface area contributed by atoms with Gasteiger partial charge in [-0.2, -0.15) is 0 Å². The second-order valence-electron chi connectivity index (χ2n) is 6.53.